The van der Waals surface area contributed by atoms with E-state index in [0.29, 0.717) is 18.9 Å². The molecule has 0 aliphatic carbocycles. The number of amides is 1. The number of hydrogen-bond acceptors (Lipinski definition) is 5. The highest BCUT2D eigenvalue weighted by atomic mass is 16.5. The first kappa shape index (κ1) is 16.5. The molecule has 1 aliphatic heterocycles. The molecule has 0 radical (unpaired) electrons. The average Bonchev–Trinajstić information content (AvgIpc) is 3.02. The van der Waals surface area contributed by atoms with E-state index in [9.17, 15) is 9.90 Å². The summed E-state index contributed by atoms with van der Waals surface area (Å²) in [5.41, 5.74) is -1.24. The summed E-state index contributed by atoms with van der Waals surface area (Å²) in [4.78, 5) is 18.0. The van der Waals surface area contributed by atoms with Gasteiger partial charge in [0.05, 0.1) is 26.1 Å². The molecule has 0 spiro atoms. The third-order valence-electron chi connectivity index (χ3n) is 3.84. The molecule has 3 rings (SSSR count). The Hall–Kier alpha value is -2.38. The number of carbonyl (C=O) groups excluding carboxylic acids is 1. The van der Waals surface area contributed by atoms with Crippen LogP contribution in [-0.2, 0) is 16.1 Å². The summed E-state index contributed by atoms with van der Waals surface area (Å²) in [6.45, 7) is 1.40. The van der Waals surface area contributed by atoms with Crippen molar-refractivity contribution in [1.29, 1.82) is 0 Å². The van der Waals surface area contributed by atoms with Crippen molar-refractivity contribution in [2.75, 3.05) is 32.9 Å². The molecule has 0 bridgehead atoms. The van der Waals surface area contributed by atoms with Gasteiger partial charge in [0.1, 0.15) is 24.5 Å². The number of para-hydroxylation sites is 1. The van der Waals surface area contributed by atoms with Crippen LogP contribution in [0.25, 0.3) is 0 Å². The Morgan fingerprint density at radius 1 is 1.38 bits per heavy atom. The van der Waals surface area contributed by atoms with Crippen molar-refractivity contribution >= 4 is 5.91 Å². The number of hydrogen-bond donors (Lipinski definition) is 1. The molecule has 1 N–H and O–H groups in total. The Labute approximate surface area is 140 Å². The Balaban J connectivity index is 1.61. The van der Waals surface area contributed by atoms with Crippen LogP contribution in [0.1, 0.15) is 0 Å². The van der Waals surface area contributed by atoms with Crippen LogP contribution in [0, 0.1) is 0 Å². The van der Waals surface area contributed by atoms with Crippen molar-refractivity contribution in [3.63, 3.8) is 0 Å². The second-order valence-corrected chi connectivity index (χ2v) is 5.93. The van der Waals surface area contributed by atoms with Crippen molar-refractivity contribution in [2.45, 2.75) is 12.1 Å². The highest BCUT2D eigenvalue weighted by Crippen LogP contribution is 2.17. The fraction of sp³-hybridized carbons (Fsp3) is 0.412. The molecule has 7 heteroatoms. The Morgan fingerprint density at radius 3 is 2.96 bits per heavy atom. The van der Waals surface area contributed by atoms with Crippen molar-refractivity contribution in [1.82, 2.24) is 14.5 Å². The van der Waals surface area contributed by atoms with Crippen LogP contribution in [0.5, 0.6) is 5.75 Å². The molecule has 2 aromatic rings. The number of imidazole rings is 1. The van der Waals surface area contributed by atoms with E-state index < -0.39 is 5.60 Å². The van der Waals surface area contributed by atoms with Crippen molar-refractivity contribution < 1.29 is 19.4 Å². The molecule has 24 heavy (non-hydrogen) atoms. The second kappa shape index (κ2) is 7.46. The van der Waals surface area contributed by atoms with Crippen LogP contribution in [0.15, 0.2) is 49.1 Å². The molecule has 1 fully saturated rings. The maximum Gasteiger partial charge on any atom is 0.242 e. The Morgan fingerprint density at radius 2 is 2.21 bits per heavy atom. The summed E-state index contributed by atoms with van der Waals surface area (Å²) in [6, 6.07) is 9.27. The Bertz CT molecular complexity index is 647. The molecule has 1 aromatic heterocycles. The lowest BCUT2D eigenvalue weighted by Crippen LogP contribution is -2.50. The van der Waals surface area contributed by atoms with Gasteiger partial charge in [0.25, 0.3) is 0 Å². The van der Waals surface area contributed by atoms with Gasteiger partial charge in [0.2, 0.25) is 5.91 Å². The molecule has 1 aliphatic rings. The van der Waals surface area contributed by atoms with Crippen LogP contribution < -0.4 is 4.74 Å². The first-order valence-corrected chi connectivity index (χ1v) is 7.86. The van der Waals surface area contributed by atoms with Crippen LogP contribution in [0.3, 0.4) is 0 Å². The van der Waals surface area contributed by atoms with E-state index in [1.165, 1.54) is 0 Å². The quantitative estimate of drug-likeness (QED) is 0.866. The standard InChI is InChI=1S/C17H21N3O4/c21-16(10-19-7-6-18-14-19)20-8-9-23-12-17(22,11-20)13-24-15-4-2-1-3-5-15/h1-7,14,22H,8-13H2/t17-/m0/s1. The van der Waals surface area contributed by atoms with Crippen molar-refractivity contribution in [2.24, 2.45) is 0 Å². The zero-order chi connectivity index (χ0) is 16.8. The summed E-state index contributed by atoms with van der Waals surface area (Å²) in [5, 5.41) is 10.8. The largest absolute Gasteiger partial charge is 0.490 e. The summed E-state index contributed by atoms with van der Waals surface area (Å²) in [6.07, 6.45) is 4.96. The van der Waals surface area contributed by atoms with Gasteiger partial charge in [-0.2, -0.15) is 0 Å². The molecule has 0 saturated carbocycles. The first-order valence-electron chi connectivity index (χ1n) is 7.86. The van der Waals surface area contributed by atoms with Crippen LogP contribution in [-0.4, -0.2) is 64.0 Å². The van der Waals surface area contributed by atoms with Crippen LogP contribution >= 0.6 is 0 Å². The highest BCUT2D eigenvalue weighted by Gasteiger charge is 2.35. The zero-order valence-electron chi connectivity index (χ0n) is 13.4. The van der Waals surface area contributed by atoms with E-state index in [-0.39, 0.29) is 32.2 Å². The van der Waals surface area contributed by atoms with Gasteiger partial charge in [-0.05, 0) is 12.1 Å². The maximum atomic E-state index is 12.5. The first-order chi connectivity index (χ1) is 11.6. The number of benzene rings is 1. The van der Waals surface area contributed by atoms with Gasteiger partial charge in [-0.25, -0.2) is 4.98 Å². The minimum atomic E-state index is -1.24. The number of aromatic nitrogens is 2. The predicted molar refractivity (Wildman–Crippen MR) is 86.5 cm³/mol. The Kier molecular flexibility index (Phi) is 5.12. The number of aliphatic hydroxyl groups is 1. The van der Waals surface area contributed by atoms with Gasteiger partial charge in [-0.1, -0.05) is 18.2 Å². The summed E-state index contributed by atoms with van der Waals surface area (Å²) in [7, 11) is 0. The minimum Gasteiger partial charge on any atom is -0.490 e. The van der Waals surface area contributed by atoms with Crippen LogP contribution in [0.4, 0.5) is 0 Å². The average molecular weight is 331 g/mol. The second-order valence-electron chi connectivity index (χ2n) is 5.93. The molecule has 2 heterocycles. The number of rotatable bonds is 5. The SMILES string of the molecule is O=C(Cn1ccnc1)N1CCOC[C@](O)(COc2ccccc2)C1. The topological polar surface area (TPSA) is 76.8 Å². The van der Waals surface area contributed by atoms with Gasteiger partial charge in [-0.3, -0.25) is 4.79 Å². The van der Waals surface area contributed by atoms with Gasteiger partial charge >= 0.3 is 0 Å². The van der Waals surface area contributed by atoms with Gasteiger partial charge in [0, 0.05) is 18.9 Å². The number of ether oxygens (including phenoxy) is 2. The van der Waals surface area contributed by atoms with E-state index in [2.05, 4.69) is 4.98 Å². The fourth-order valence-electron chi connectivity index (χ4n) is 2.59. The number of β-amino-alcohol motifs (C(OH)–C–C–N with tert-alkyl or cyclic N) is 1. The maximum absolute atomic E-state index is 12.5. The van der Waals surface area contributed by atoms with E-state index in [4.69, 9.17) is 9.47 Å². The molecule has 0 unspecified atom stereocenters. The van der Waals surface area contributed by atoms with E-state index in [1.807, 2.05) is 30.3 Å². The summed E-state index contributed by atoms with van der Waals surface area (Å²) < 4.78 is 12.8. The molecule has 7 nitrogen and oxygen atoms in total. The third-order valence-corrected chi connectivity index (χ3v) is 3.84. The van der Waals surface area contributed by atoms with Crippen molar-refractivity contribution in [3.8, 4) is 5.75 Å². The van der Waals surface area contributed by atoms with Gasteiger partial charge < -0.3 is 24.0 Å². The molecule has 1 atom stereocenters. The molecule has 128 valence electrons. The van der Waals surface area contributed by atoms with Gasteiger partial charge in [0.15, 0.2) is 0 Å². The summed E-state index contributed by atoms with van der Waals surface area (Å²) in [5.74, 6) is 0.586. The van der Waals surface area contributed by atoms with Gasteiger partial charge in [-0.15, -0.1) is 0 Å². The molecule has 1 saturated heterocycles. The predicted octanol–water partition coefficient (Wildman–Crippen LogP) is 0.552. The smallest absolute Gasteiger partial charge is 0.242 e. The fourth-order valence-corrected chi connectivity index (χ4v) is 2.59. The van der Waals surface area contributed by atoms with E-state index >= 15 is 0 Å². The monoisotopic (exact) mass is 331 g/mol. The molecular weight excluding hydrogens is 310 g/mol. The lowest BCUT2D eigenvalue weighted by molar-refractivity contribution is -0.135. The minimum absolute atomic E-state index is 0.0614. The number of carbonyl (C=O) groups is 1. The summed E-state index contributed by atoms with van der Waals surface area (Å²) >= 11 is 0. The zero-order valence-corrected chi connectivity index (χ0v) is 13.4. The van der Waals surface area contributed by atoms with E-state index in [1.54, 1.807) is 28.2 Å². The molecule has 1 aromatic carbocycles. The third kappa shape index (κ3) is 4.33. The lowest BCUT2D eigenvalue weighted by atomic mass is 10.1. The molecular formula is C17H21N3O4. The van der Waals surface area contributed by atoms with Crippen molar-refractivity contribution in [3.05, 3.63) is 49.1 Å². The highest BCUT2D eigenvalue weighted by molar-refractivity contribution is 5.76. The molecule has 1 amide bonds. The number of nitrogens with zero attached hydrogens (tertiary/aromatic N) is 3. The van der Waals surface area contributed by atoms with E-state index in [0.717, 1.165) is 0 Å². The lowest BCUT2D eigenvalue weighted by Gasteiger charge is -2.30. The van der Waals surface area contributed by atoms with Crippen LogP contribution in [0.2, 0.25) is 0 Å². The normalized spacial score (nSPS) is 21.3.